The maximum Gasteiger partial charge on any atom is 0.328 e. The van der Waals surface area contributed by atoms with Gasteiger partial charge in [0.05, 0.1) is 6.61 Å². The number of carbonyl (C=O) groups is 2. The van der Waals surface area contributed by atoms with Crippen LogP contribution in [0.5, 0.6) is 0 Å². The average molecular weight is 461 g/mol. The third kappa shape index (κ3) is 5.46. The highest BCUT2D eigenvalue weighted by molar-refractivity contribution is 5.96. The zero-order chi connectivity index (χ0) is 24.1. The van der Waals surface area contributed by atoms with Crippen molar-refractivity contribution in [1.29, 1.82) is 0 Å². The number of nitrogens with one attached hydrogen (secondary N) is 2. The number of aliphatic hydroxyl groups is 1. The Kier molecular flexibility index (Phi) is 7.60. The number of hydrogen-bond acceptors (Lipinski definition) is 4. The van der Waals surface area contributed by atoms with Crippen molar-refractivity contribution in [3.63, 3.8) is 0 Å². The first-order chi connectivity index (χ1) is 16.5. The van der Waals surface area contributed by atoms with E-state index in [0.717, 1.165) is 25.7 Å². The summed E-state index contributed by atoms with van der Waals surface area (Å²) >= 11 is 0. The van der Waals surface area contributed by atoms with Crippen molar-refractivity contribution in [2.45, 2.75) is 56.7 Å². The van der Waals surface area contributed by atoms with E-state index in [9.17, 15) is 9.59 Å². The molecular weight excluding hydrogens is 428 g/mol. The van der Waals surface area contributed by atoms with Crippen LogP contribution in [0.1, 0.15) is 66.1 Å². The van der Waals surface area contributed by atoms with Gasteiger partial charge < -0.3 is 20.8 Å². The molecule has 4 N–H and O–H groups in total. The van der Waals surface area contributed by atoms with E-state index in [-0.39, 0.29) is 6.04 Å². The number of benzene rings is 3. The summed E-state index contributed by atoms with van der Waals surface area (Å²) in [6.07, 6.45) is 4.43. The molecule has 6 nitrogen and oxygen atoms in total. The lowest BCUT2D eigenvalue weighted by molar-refractivity contribution is -0.140. The summed E-state index contributed by atoms with van der Waals surface area (Å²) in [7, 11) is 0. The Morgan fingerprint density at radius 2 is 1.74 bits per heavy atom. The van der Waals surface area contributed by atoms with Gasteiger partial charge in [0.25, 0.3) is 5.91 Å². The monoisotopic (exact) mass is 460 g/mol. The molecule has 1 saturated carbocycles. The second-order valence-electron chi connectivity index (χ2n) is 9.19. The molecule has 1 aliphatic rings. The van der Waals surface area contributed by atoms with Crippen LogP contribution < -0.4 is 10.6 Å². The van der Waals surface area contributed by atoms with E-state index in [1.54, 1.807) is 12.1 Å². The highest BCUT2D eigenvalue weighted by Crippen LogP contribution is 2.34. The van der Waals surface area contributed by atoms with E-state index >= 15 is 0 Å². The van der Waals surface area contributed by atoms with Crippen molar-refractivity contribution >= 4 is 22.6 Å². The van der Waals surface area contributed by atoms with Crippen LogP contribution in [-0.2, 0) is 4.79 Å². The molecular formula is C28H32N2O4. The number of aliphatic hydroxyl groups excluding tert-OH is 1. The topological polar surface area (TPSA) is 98.7 Å². The van der Waals surface area contributed by atoms with Crippen LogP contribution >= 0.6 is 0 Å². The van der Waals surface area contributed by atoms with Gasteiger partial charge in [-0.1, -0.05) is 61.0 Å². The summed E-state index contributed by atoms with van der Waals surface area (Å²) in [5, 5.41) is 26.9. The minimum Gasteiger partial charge on any atom is -0.480 e. The Balaban J connectivity index is 1.40. The molecule has 0 radical (unpaired) electrons. The maximum absolute atomic E-state index is 12.3. The molecule has 1 unspecified atom stereocenters. The van der Waals surface area contributed by atoms with E-state index in [4.69, 9.17) is 10.2 Å². The summed E-state index contributed by atoms with van der Waals surface area (Å²) in [4.78, 5) is 23.4. The summed E-state index contributed by atoms with van der Waals surface area (Å²) in [5.74, 6) is -1.35. The van der Waals surface area contributed by atoms with Crippen molar-refractivity contribution in [2.75, 3.05) is 6.61 Å². The molecule has 0 saturated heterocycles. The third-order valence-electron chi connectivity index (χ3n) is 6.88. The average Bonchev–Trinajstić information content (AvgIpc) is 2.86. The summed E-state index contributed by atoms with van der Waals surface area (Å²) in [6.45, 7) is 1.59. The van der Waals surface area contributed by atoms with Crippen LogP contribution in [0.4, 0.5) is 0 Å². The molecule has 0 spiro atoms. The number of aliphatic carboxylic acids is 1. The summed E-state index contributed by atoms with van der Waals surface area (Å²) in [6, 6.07) is 21.7. The first-order valence-electron chi connectivity index (χ1n) is 11.9. The SMILES string of the molecule is CC(N[C@H]1CCC[C@H](c2ccc(C(=O)N[C@@H](CO)C(=O)O)cc2)C1)c1cccc2ccccc12. The van der Waals surface area contributed by atoms with Gasteiger partial charge in [0.1, 0.15) is 0 Å². The second-order valence-corrected chi connectivity index (χ2v) is 9.19. The predicted molar refractivity (Wildman–Crippen MR) is 133 cm³/mol. The van der Waals surface area contributed by atoms with Crippen LogP contribution in [0.2, 0.25) is 0 Å². The van der Waals surface area contributed by atoms with Crippen molar-refractivity contribution in [1.82, 2.24) is 10.6 Å². The Morgan fingerprint density at radius 1 is 1.00 bits per heavy atom. The van der Waals surface area contributed by atoms with Gasteiger partial charge in [0, 0.05) is 17.6 Å². The number of hydrogen-bond donors (Lipinski definition) is 4. The van der Waals surface area contributed by atoms with Gasteiger partial charge in [0.15, 0.2) is 6.04 Å². The van der Waals surface area contributed by atoms with E-state index in [0.29, 0.717) is 17.5 Å². The van der Waals surface area contributed by atoms with Gasteiger partial charge in [-0.25, -0.2) is 4.79 Å². The minimum absolute atomic E-state index is 0.245. The number of carboxylic acids is 1. The van der Waals surface area contributed by atoms with Gasteiger partial charge in [-0.2, -0.15) is 0 Å². The Labute approximate surface area is 200 Å². The van der Waals surface area contributed by atoms with Crippen molar-refractivity contribution in [3.8, 4) is 0 Å². The molecule has 0 heterocycles. The van der Waals surface area contributed by atoms with Gasteiger partial charge >= 0.3 is 5.97 Å². The number of carboxylic acid groups (broad SMARTS) is 1. The fraction of sp³-hybridized carbons (Fsp3) is 0.357. The van der Waals surface area contributed by atoms with Crippen LogP contribution in [-0.4, -0.2) is 40.8 Å². The highest BCUT2D eigenvalue weighted by Gasteiger charge is 2.25. The number of rotatable bonds is 8. The van der Waals surface area contributed by atoms with Crippen molar-refractivity contribution < 1.29 is 19.8 Å². The molecule has 0 aromatic heterocycles. The van der Waals surface area contributed by atoms with Gasteiger partial charge in [-0.3, -0.25) is 4.79 Å². The van der Waals surface area contributed by atoms with Gasteiger partial charge in [0.2, 0.25) is 0 Å². The first kappa shape index (κ1) is 23.9. The third-order valence-corrected chi connectivity index (χ3v) is 6.88. The standard InChI is InChI=1S/C28H32N2O4/c1-18(24-11-5-7-20-6-2-3-10-25(20)24)29-23-9-4-8-22(16-23)19-12-14-21(15-13-19)27(32)30-26(17-31)28(33)34/h2-3,5-7,10-15,18,22-23,26,29,31H,4,8-9,16-17H2,1H3,(H,30,32)(H,33,34)/t18?,22-,23-,26-/m0/s1. The summed E-state index contributed by atoms with van der Waals surface area (Å²) < 4.78 is 0. The van der Waals surface area contributed by atoms with E-state index in [1.165, 1.54) is 21.9 Å². The molecule has 4 rings (SSSR count). The molecule has 6 heteroatoms. The van der Waals surface area contributed by atoms with Crippen LogP contribution in [0, 0.1) is 0 Å². The number of carbonyl (C=O) groups excluding carboxylic acids is 1. The Bertz CT molecular complexity index is 1140. The largest absolute Gasteiger partial charge is 0.480 e. The predicted octanol–water partition coefficient (Wildman–Crippen LogP) is 4.39. The number of amides is 1. The maximum atomic E-state index is 12.3. The zero-order valence-electron chi connectivity index (χ0n) is 19.4. The van der Waals surface area contributed by atoms with E-state index < -0.39 is 24.5 Å². The molecule has 1 amide bonds. The molecule has 1 fully saturated rings. The zero-order valence-corrected chi connectivity index (χ0v) is 19.4. The minimum atomic E-state index is -1.30. The van der Waals surface area contributed by atoms with Crippen LogP contribution in [0.3, 0.4) is 0 Å². The van der Waals surface area contributed by atoms with Gasteiger partial charge in [-0.15, -0.1) is 0 Å². The smallest absolute Gasteiger partial charge is 0.328 e. The van der Waals surface area contributed by atoms with Gasteiger partial charge in [-0.05, 0) is 66.1 Å². The quantitative estimate of drug-likeness (QED) is 0.400. The van der Waals surface area contributed by atoms with Crippen molar-refractivity contribution in [3.05, 3.63) is 83.4 Å². The lowest BCUT2D eigenvalue weighted by Crippen LogP contribution is -2.43. The van der Waals surface area contributed by atoms with E-state index in [2.05, 4.69) is 60.0 Å². The van der Waals surface area contributed by atoms with Crippen LogP contribution in [0.15, 0.2) is 66.7 Å². The Hall–Kier alpha value is -3.22. The second kappa shape index (κ2) is 10.8. The molecule has 178 valence electrons. The molecule has 1 aliphatic carbocycles. The lowest BCUT2D eigenvalue weighted by atomic mass is 9.80. The highest BCUT2D eigenvalue weighted by atomic mass is 16.4. The molecule has 4 atom stereocenters. The molecule has 3 aromatic rings. The normalized spacial score (nSPS) is 19.9. The first-order valence-corrected chi connectivity index (χ1v) is 11.9. The van der Waals surface area contributed by atoms with E-state index in [1.807, 2.05) is 12.1 Å². The fourth-order valence-corrected chi connectivity index (χ4v) is 5.05. The molecule has 0 aliphatic heterocycles. The molecule has 3 aromatic carbocycles. The van der Waals surface area contributed by atoms with Crippen LogP contribution in [0.25, 0.3) is 10.8 Å². The fourth-order valence-electron chi connectivity index (χ4n) is 5.05. The Morgan fingerprint density at radius 3 is 2.47 bits per heavy atom. The lowest BCUT2D eigenvalue weighted by Gasteiger charge is -2.32. The van der Waals surface area contributed by atoms with Crippen molar-refractivity contribution in [2.24, 2.45) is 0 Å². The molecule has 0 bridgehead atoms. The summed E-state index contributed by atoms with van der Waals surface area (Å²) in [5.41, 5.74) is 2.90. The molecule has 34 heavy (non-hydrogen) atoms. The number of fused-ring (bicyclic) bond motifs is 1.